The number of fused-ring (bicyclic) bond motifs is 1. The lowest BCUT2D eigenvalue weighted by atomic mass is 9.97. The van der Waals surface area contributed by atoms with Crippen LogP contribution in [0.4, 0.5) is 0 Å². The van der Waals surface area contributed by atoms with Gasteiger partial charge in [0.15, 0.2) is 0 Å². The molecule has 1 aliphatic rings. The summed E-state index contributed by atoms with van der Waals surface area (Å²) in [5.41, 5.74) is 3.24. The molecule has 0 unspecified atom stereocenters. The molecule has 0 spiro atoms. The maximum atomic E-state index is 13.4. The molecule has 160 valence electrons. The number of amides is 1. The summed E-state index contributed by atoms with van der Waals surface area (Å²) in [6.45, 7) is 6.98. The van der Waals surface area contributed by atoms with Crippen LogP contribution in [-0.4, -0.2) is 54.5 Å². The summed E-state index contributed by atoms with van der Waals surface area (Å²) >= 11 is 1.69. The lowest BCUT2D eigenvalue weighted by Gasteiger charge is -2.32. The van der Waals surface area contributed by atoms with Crippen LogP contribution in [0.1, 0.15) is 38.6 Å². The Kier molecular flexibility index (Phi) is 5.44. The molecule has 30 heavy (non-hydrogen) atoms. The second-order valence-corrected chi connectivity index (χ2v) is 11.8. The van der Waals surface area contributed by atoms with Crippen LogP contribution >= 0.6 is 11.3 Å². The molecule has 4 heterocycles. The van der Waals surface area contributed by atoms with Crippen LogP contribution in [-0.2, 0) is 9.84 Å². The highest BCUT2D eigenvalue weighted by Crippen LogP contribution is 2.33. The maximum Gasteiger partial charge on any atom is 0.259 e. The predicted octanol–water partition coefficient (Wildman–Crippen LogP) is 3.77. The van der Waals surface area contributed by atoms with E-state index in [9.17, 15) is 13.2 Å². The zero-order valence-corrected chi connectivity index (χ0v) is 19.2. The van der Waals surface area contributed by atoms with Crippen LogP contribution in [0.3, 0.4) is 0 Å². The van der Waals surface area contributed by atoms with Gasteiger partial charge in [-0.15, -0.1) is 11.3 Å². The number of piperidine rings is 1. The summed E-state index contributed by atoms with van der Waals surface area (Å²) in [6, 6.07) is 3.91. The van der Waals surface area contributed by atoms with E-state index in [-0.39, 0.29) is 17.6 Å². The highest BCUT2D eigenvalue weighted by atomic mass is 32.2. The quantitative estimate of drug-likeness (QED) is 0.604. The van der Waals surface area contributed by atoms with Gasteiger partial charge in [0.2, 0.25) is 0 Å². The number of pyridine rings is 1. The Balaban J connectivity index is 1.67. The number of rotatable bonds is 4. The molecule has 1 saturated heterocycles. The van der Waals surface area contributed by atoms with Gasteiger partial charge in [-0.2, -0.15) is 0 Å². The van der Waals surface area contributed by atoms with Gasteiger partial charge in [-0.3, -0.25) is 4.79 Å². The lowest BCUT2D eigenvalue weighted by molar-refractivity contribution is 0.0700. The molecule has 3 aromatic rings. The average Bonchev–Trinajstić information content (AvgIpc) is 3.21. The fourth-order valence-electron chi connectivity index (χ4n) is 4.19. The Bertz CT molecular complexity index is 1220. The van der Waals surface area contributed by atoms with E-state index in [4.69, 9.17) is 4.52 Å². The fourth-order valence-corrected chi connectivity index (χ4v) is 6.31. The summed E-state index contributed by atoms with van der Waals surface area (Å²) in [4.78, 5) is 22.2. The van der Waals surface area contributed by atoms with Gasteiger partial charge in [-0.1, -0.05) is 5.16 Å². The Morgan fingerprint density at radius 2 is 1.93 bits per heavy atom. The molecular weight excluding hydrogens is 422 g/mol. The number of carbonyl (C=O) groups is 1. The summed E-state index contributed by atoms with van der Waals surface area (Å²) in [5.74, 6) is 0.198. The number of hydrogen-bond acceptors (Lipinski definition) is 7. The van der Waals surface area contributed by atoms with E-state index >= 15 is 0 Å². The van der Waals surface area contributed by atoms with Crippen molar-refractivity contribution in [1.29, 1.82) is 0 Å². The van der Waals surface area contributed by atoms with E-state index in [2.05, 4.69) is 16.2 Å². The second kappa shape index (κ2) is 7.77. The normalized spacial score (nSPS) is 15.8. The van der Waals surface area contributed by atoms with Crippen molar-refractivity contribution < 1.29 is 17.7 Å². The fraction of sp³-hybridized carbons (Fsp3) is 0.476. The first-order chi connectivity index (χ1) is 14.1. The van der Waals surface area contributed by atoms with Gasteiger partial charge in [-0.05, 0) is 51.7 Å². The minimum atomic E-state index is -3.01. The van der Waals surface area contributed by atoms with Crippen molar-refractivity contribution in [3.8, 4) is 11.3 Å². The van der Waals surface area contributed by atoms with Crippen LogP contribution in [0.2, 0.25) is 0 Å². The largest absolute Gasteiger partial charge is 0.339 e. The van der Waals surface area contributed by atoms with Gasteiger partial charge >= 0.3 is 0 Å². The van der Waals surface area contributed by atoms with E-state index < -0.39 is 9.84 Å². The Labute approximate surface area is 180 Å². The van der Waals surface area contributed by atoms with Crippen molar-refractivity contribution in [3.05, 3.63) is 33.1 Å². The van der Waals surface area contributed by atoms with Crippen molar-refractivity contribution in [1.82, 2.24) is 15.0 Å². The van der Waals surface area contributed by atoms with Gasteiger partial charge in [0.25, 0.3) is 11.6 Å². The van der Waals surface area contributed by atoms with E-state index in [1.54, 1.807) is 16.2 Å². The third kappa shape index (κ3) is 4.13. The van der Waals surface area contributed by atoms with Crippen molar-refractivity contribution in [2.75, 3.05) is 25.1 Å². The van der Waals surface area contributed by atoms with Crippen molar-refractivity contribution >= 4 is 38.2 Å². The molecular formula is C21H25N3O4S2. The van der Waals surface area contributed by atoms with E-state index in [0.717, 1.165) is 10.4 Å². The van der Waals surface area contributed by atoms with Crippen LogP contribution < -0.4 is 0 Å². The SMILES string of the molecule is Cc1cc(-c2cc(C(=O)N3CCC(CS(C)(=O)=O)CC3)c3c(C)noc3n2)c(C)s1. The molecule has 0 atom stereocenters. The van der Waals surface area contributed by atoms with Crippen LogP contribution in [0.15, 0.2) is 16.7 Å². The molecule has 0 N–H and O–H groups in total. The molecule has 0 saturated carbocycles. The zero-order chi connectivity index (χ0) is 21.6. The van der Waals surface area contributed by atoms with Gasteiger partial charge in [0.05, 0.1) is 28.1 Å². The maximum absolute atomic E-state index is 13.4. The molecule has 3 aromatic heterocycles. The Morgan fingerprint density at radius 1 is 1.23 bits per heavy atom. The number of aryl methyl sites for hydroxylation is 3. The number of likely N-dealkylation sites (tertiary alicyclic amines) is 1. The van der Waals surface area contributed by atoms with Gasteiger partial charge in [-0.25, -0.2) is 13.4 Å². The van der Waals surface area contributed by atoms with Gasteiger partial charge in [0, 0.05) is 34.7 Å². The molecule has 1 fully saturated rings. The molecule has 7 nitrogen and oxygen atoms in total. The summed E-state index contributed by atoms with van der Waals surface area (Å²) in [7, 11) is -3.01. The Morgan fingerprint density at radius 3 is 2.53 bits per heavy atom. The summed E-state index contributed by atoms with van der Waals surface area (Å²) in [6.07, 6.45) is 2.64. The molecule has 0 aliphatic carbocycles. The zero-order valence-electron chi connectivity index (χ0n) is 17.6. The summed E-state index contributed by atoms with van der Waals surface area (Å²) in [5, 5.41) is 4.67. The minimum absolute atomic E-state index is 0.0858. The molecule has 1 aliphatic heterocycles. The third-order valence-corrected chi connectivity index (χ3v) is 7.65. The average molecular weight is 448 g/mol. The molecule has 9 heteroatoms. The standard InChI is InChI=1S/C21H25N3O4S2/c1-12-9-16(14(3)29-12)18-10-17(19-13(2)23-28-20(19)22-18)21(25)24-7-5-15(6-8-24)11-30(4,26)27/h9-10,15H,5-8,11H2,1-4H3. The van der Waals surface area contributed by atoms with Crippen molar-refractivity contribution in [2.24, 2.45) is 5.92 Å². The number of hydrogen-bond donors (Lipinski definition) is 0. The highest BCUT2D eigenvalue weighted by Gasteiger charge is 2.28. The molecule has 0 radical (unpaired) electrons. The topological polar surface area (TPSA) is 93.4 Å². The number of nitrogens with zero attached hydrogens (tertiary/aromatic N) is 3. The molecule has 0 aromatic carbocycles. The van der Waals surface area contributed by atoms with E-state index in [1.165, 1.54) is 11.1 Å². The van der Waals surface area contributed by atoms with Gasteiger partial charge in [0.1, 0.15) is 9.84 Å². The van der Waals surface area contributed by atoms with E-state index in [1.807, 2.05) is 26.8 Å². The van der Waals surface area contributed by atoms with Crippen molar-refractivity contribution in [2.45, 2.75) is 33.6 Å². The number of carbonyl (C=O) groups excluding carboxylic acids is 1. The van der Waals surface area contributed by atoms with Crippen LogP contribution in [0.5, 0.6) is 0 Å². The summed E-state index contributed by atoms with van der Waals surface area (Å²) < 4.78 is 28.6. The number of aromatic nitrogens is 2. The third-order valence-electron chi connectivity index (χ3n) is 5.60. The molecule has 1 amide bonds. The van der Waals surface area contributed by atoms with Crippen LogP contribution in [0, 0.1) is 26.7 Å². The lowest BCUT2D eigenvalue weighted by Crippen LogP contribution is -2.40. The predicted molar refractivity (Wildman–Crippen MR) is 118 cm³/mol. The minimum Gasteiger partial charge on any atom is -0.339 e. The number of sulfone groups is 1. The van der Waals surface area contributed by atoms with Crippen molar-refractivity contribution in [3.63, 3.8) is 0 Å². The van der Waals surface area contributed by atoms with E-state index in [0.29, 0.717) is 54.0 Å². The first-order valence-electron chi connectivity index (χ1n) is 9.94. The van der Waals surface area contributed by atoms with Crippen LogP contribution in [0.25, 0.3) is 22.4 Å². The first-order valence-corrected chi connectivity index (χ1v) is 12.8. The molecule has 0 bridgehead atoms. The first kappa shape index (κ1) is 21.0. The smallest absolute Gasteiger partial charge is 0.259 e. The molecule has 4 rings (SSSR count). The second-order valence-electron chi connectivity index (χ2n) is 8.16. The Hall–Kier alpha value is -2.26. The number of thiophene rings is 1. The van der Waals surface area contributed by atoms with Gasteiger partial charge < -0.3 is 9.42 Å². The highest BCUT2D eigenvalue weighted by molar-refractivity contribution is 7.90. The monoisotopic (exact) mass is 447 g/mol.